The Morgan fingerprint density at radius 1 is 1.47 bits per heavy atom. The lowest BCUT2D eigenvalue weighted by atomic mass is 10.2. The molecule has 0 aliphatic heterocycles. The second kappa shape index (κ2) is 4.12. The summed E-state index contributed by atoms with van der Waals surface area (Å²) in [6.07, 6.45) is 1.68. The Morgan fingerprint density at radius 3 is 3.00 bits per heavy atom. The van der Waals surface area contributed by atoms with Crippen molar-refractivity contribution < 1.29 is 0 Å². The standard InChI is InChI=1S/C10H11BrN4/c1-7-9(11)3-2-4-10(7)15-8(5-12)6-13-14-15/h2-4,6H,5,12H2,1H3. The molecule has 2 rings (SSSR count). The number of hydrogen-bond acceptors (Lipinski definition) is 3. The van der Waals surface area contributed by atoms with Crippen molar-refractivity contribution in [2.75, 3.05) is 0 Å². The molecule has 0 atom stereocenters. The Bertz CT molecular complexity index is 478. The number of nitrogens with two attached hydrogens (primary N) is 1. The van der Waals surface area contributed by atoms with E-state index >= 15 is 0 Å². The van der Waals surface area contributed by atoms with E-state index in [0.29, 0.717) is 6.54 Å². The molecular formula is C10H11BrN4. The van der Waals surface area contributed by atoms with Gasteiger partial charge in [-0.25, -0.2) is 4.68 Å². The lowest BCUT2D eigenvalue weighted by Gasteiger charge is -2.08. The summed E-state index contributed by atoms with van der Waals surface area (Å²) in [5, 5.41) is 7.88. The van der Waals surface area contributed by atoms with Crippen molar-refractivity contribution in [1.82, 2.24) is 15.0 Å². The summed E-state index contributed by atoms with van der Waals surface area (Å²) >= 11 is 3.49. The number of aromatic nitrogens is 3. The van der Waals surface area contributed by atoms with Crippen molar-refractivity contribution in [1.29, 1.82) is 0 Å². The van der Waals surface area contributed by atoms with Crippen molar-refractivity contribution in [3.05, 3.63) is 40.1 Å². The third kappa shape index (κ3) is 1.80. The number of rotatable bonds is 2. The van der Waals surface area contributed by atoms with Gasteiger partial charge in [0.25, 0.3) is 0 Å². The molecule has 2 N–H and O–H groups in total. The number of benzene rings is 1. The second-order valence-corrected chi connectivity index (χ2v) is 4.08. The first-order chi connectivity index (χ1) is 7.24. The summed E-state index contributed by atoms with van der Waals surface area (Å²) in [5.74, 6) is 0. The SMILES string of the molecule is Cc1c(Br)cccc1-n1nncc1CN. The number of halogens is 1. The summed E-state index contributed by atoms with van der Waals surface area (Å²) in [5.41, 5.74) is 8.63. The maximum atomic E-state index is 5.61. The van der Waals surface area contributed by atoms with Crippen molar-refractivity contribution in [3.63, 3.8) is 0 Å². The van der Waals surface area contributed by atoms with Crippen LogP contribution in [0, 0.1) is 6.92 Å². The molecule has 0 fully saturated rings. The monoisotopic (exact) mass is 266 g/mol. The van der Waals surface area contributed by atoms with E-state index in [1.807, 2.05) is 25.1 Å². The molecule has 0 aliphatic carbocycles. The first-order valence-electron chi connectivity index (χ1n) is 4.59. The van der Waals surface area contributed by atoms with Gasteiger partial charge in [-0.05, 0) is 24.6 Å². The van der Waals surface area contributed by atoms with Gasteiger partial charge in [0.15, 0.2) is 0 Å². The molecule has 1 aromatic heterocycles. The van der Waals surface area contributed by atoms with Crippen LogP contribution in [-0.4, -0.2) is 15.0 Å². The number of hydrogen-bond donors (Lipinski definition) is 1. The van der Waals surface area contributed by atoms with E-state index in [4.69, 9.17) is 5.73 Å². The highest BCUT2D eigenvalue weighted by molar-refractivity contribution is 9.10. The van der Waals surface area contributed by atoms with Crippen molar-refractivity contribution >= 4 is 15.9 Å². The van der Waals surface area contributed by atoms with Crippen LogP contribution in [0.1, 0.15) is 11.3 Å². The second-order valence-electron chi connectivity index (χ2n) is 3.23. The molecule has 2 aromatic rings. The van der Waals surface area contributed by atoms with Crippen LogP contribution in [0.5, 0.6) is 0 Å². The van der Waals surface area contributed by atoms with Gasteiger partial charge in [-0.15, -0.1) is 5.10 Å². The topological polar surface area (TPSA) is 56.7 Å². The molecule has 0 saturated heterocycles. The third-order valence-electron chi connectivity index (χ3n) is 2.30. The van der Waals surface area contributed by atoms with E-state index < -0.39 is 0 Å². The maximum absolute atomic E-state index is 5.61. The van der Waals surface area contributed by atoms with Crippen molar-refractivity contribution in [2.24, 2.45) is 5.73 Å². The first-order valence-corrected chi connectivity index (χ1v) is 5.38. The van der Waals surface area contributed by atoms with Crippen molar-refractivity contribution in [3.8, 4) is 5.69 Å². The molecular weight excluding hydrogens is 256 g/mol. The number of nitrogens with zero attached hydrogens (tertiary/aromatic N) is 3. The minimum absolute atomic E-state index is 0.430. The average Bonchev–Trinajstić information content (AvgIpc) is 2.70. The highest BCUT2D eigenvalue weighted by Gasteiger charge is 2.08. The summed E-state index contributed by atoms with van der Waals surface area (Å²) in [7, 11) is 0. The van der Waals surface area contributed by atoms with E-state index in [2.05, 4.69) is 26.2 Å². The molecule has 78 valence electrons. The minimum atomic E-state index is 0.430. The molecule has 0 radical (unpaired) electrons. The van der Waals surface area contributed by atoms with Gasteiger partial charge in [0.05, 0.1) is 17.6 Å². The van der Waals surface area contributed by atoms with Crippen LogP contribution in [0.3, 0.4) is 0 Å². The zero-order valence-corrected chi connectivity index (χ0v) is 9.90. The lowest BCUT2D eigenvalue weighted by molar-refractivity contribution is 0.757. The Labute approximate surface area is 96.2 Å². The molecule has 15 heavy (non-hydrogen) atoms. The highest BCUT2D eigenvalue weighted by atomic mass is 79.9. The summed E-state index contributed by atoms with van der Waals surface area (Å²) in [6.45, 7) is 2.46. The van der Waals surface area contributed by atoms with Gasteiger partial charge >= 0.3 is 0 Å². The van der Waals surface area contributed by atoms with Crippen molar-refractivity contribution in [2.45, 2.75) is 13.5 Å². The molecule has 0 aliphatic rings. The lowest BCUT2D eigenvalue weighted by Crippen LogP contribution is -2.08. The first kappa shape index (κ1) is 10.3. The fourth-order valence-corrected chi connectivity index (χ4v) is 1.78. The quantitative estimate of drug-likeness (QED) is 0.902. The van der Waals surface area contributed by atoms with Gasteiger partial charge in [-0.2, -0.15) is 0 Å². The molecule has 0 bridgehead atoms. The molecule has 0 spiro atoms. The molecule has 0 unspecified atom stereocenters. The predicted molar refractivity (Wildman–Crippen MR) is 61.7 cm³/mol. The molecule has 1 aromatic carbocycles. The van der Waals surface area contributed by atoms with E-state index in [1.54, 1.807) is 10.9 Å². The molecule has 5 heteroatoms. The van der Waals surface area contributed by atoms with Gasteiger partial charge in [0.1, 0.15) is 0 Å². The van der Waals surface area contributed by atoms with Gasteiger partial charge in [0, 0.05) is 11.0 Å². The summed E-state index contributed by atoms with van der Waals surface area (Å²) in [6, 6.07) is 5.96. The average molecular weight is 267 g/mol. The normalized spacial score (nSPS) is 10.6. The smallest absolute Gasteiger partial charge is 0.0781 e. The van der Waals surface area contributed by atoms with Crippen LogP contribution in [-0.2, 0) is 6.54 Å². The van der Waals surface area contributed by atoms with Crippen LogP contribution < -0.4 is 5.73 Å². The third-order valence-corrected chi connectivity index (χ3v) is 3.16. The van der Waals surface area contributed by atoms with Crippen LogP contribution in [0.15, 0.2) is 28.9 Å². The maximum Gasteiger partial charge on any atom is 0.0781 e. The molecule has 1 heterocycles. The fraction of sp³-hybridized carbons (Fsp3) is 0.200. The zero-order chi connectivity index (χ0) is 10.8. The Morgan fingerprint density at radius 2 is 2.27 bits per heavy atom. The van der Waals surface area contributed by atoms with Crippen LogP contribution in [0.2, 0.25) is 0 Å². The van der Waals surface area contributed by atoms with Gasteiger partial charge < -0.3 is 5.73 Å². The zero-order valence-electron chi connectivity index (χ0n) is 8.31. The van der Waals surface area contributed by atoms with E-state index in [9.17, 15) is 0 Å². The summed E-state index contributed by atoms with van der Waals surface area (Å²) in [4.78, 5) is 0. The van der Waals surface area contributed by atoms with Gasteiger partial charge in [-0.3, -0.25) is 0 Å². The highest BCUT2D eigenvalue weighted by Crippen LogP contribution is 2.22. The van der Waals surface area contributed by atoms with E-state index in [-0.39, 0.29) is 0 Å². The van der Waals surface area contributed by atoms with E-state index in [0.717, 1.165) is 21.4 Å². The van der Waals surface area contributed by atoms with E-state index in [1.165, 1.54) is 0 Å². The fourth-order valence-electron chi connectivity index (χ4n) is 1.42. The van der Waals surface area contributed by atoms with Crippen LogP contribution in [0.4, 0.5) is 0 Å². The molecule has 0 amide bonds. The molecule has 0 saturated carbocycles. The van der Waals surface area contributed by atoms with Gasteiger partial charge in [-0.1, -0.05) is 27.2 Å². The summed E-state index contributed by atoms with van der Waals surface area (Å²) < 4.78 is 2.82. The Kier molecular flexibility index (Phi) is 2.83. The van der Waals surface area contributed by atoms with Gasteiger partial charge in [0.2, 0.25) is 0 Å². The predicted octanol–water partition coefficient (Wildman–Crippen LogP) is 1.80. The Balaban J connectivity index is 2.59. The molecule has 4 nitrogen and oxygen atoms in total. The largest absolute Gasteiger partial charge is 0.325 e. The van der Waals surface area contributed by atoms with Crippen LogP contribution >= 0.6 is 15.9 Å². The minimum Gasteiger partial charge on any atom is -0.325 e. The van der Waals surface area contributed by atoms with Crippen LogP contribution in [0.25, 0.3) is 5.69 Å². The Hall–Kier alpha value is -1.20.